The molecule has 0 aliphatic rings. The SMILES string of the molecule is CCCNC(c1cc(OC)cs1)c1cc(Br)c(C)s1. The van der Waals surface area contributed by atoms with E-state index < -0.39 is 0 Å². The molecule has 0 saturated heterocycles. The average molecular weight is 360 g/mol. The molecule has 2 nitrogen and oxygen atoms in total. The van der Waals surface area contributed by atoms with Crippen molar-refractivity contribution in [3.63, 3.8) is 0 Å². The quantitative estimate of drug-likeness (QED) is 0.785. The Hall–Kier alpha value is -0.360. The summed E-state index contributed by atoms with van der Waals surface area (Å²) in [5.41, 5.74) is 0. The van der Waals surface area contributed by atoms with Crippen LogP contribution >= 0.6 is 38.6 Å². The number of halogens is 1. The van der Waals surface area contributed by atoms with Gasteiger partial charge in [-0.15, -0.1) is 22.7 Å². The summed E-state index contributed by atoms with van der Waals surface area (Å²) < 4.78 is 6.48. The third-order valence-corrected chi connectivity index (χ3v) is 6.05. The molecule has 0 amide bonds. The molecular formula is C14H18BrNOS2. The van der Waals surface area contributed by atoms with Crippen LogP contribution in [0.2, 0.25) is 0 Å². The Labute approximate surface area is 130 Å². The monoisotopic (exact) mass is 359 g/mol. The van der Waals surface area contributed by atoms with Gasteiger partial charge in [0.25, 0.3) is 0 Å². The predicted molar refractivity (Wildman–Crippen MR) is 87.8 cm³/mol. The predicted octanol–water partition coefficient (Wildman–Crippen LogP) is 4.98. The molecule has 0 aliphatic carbocycles. The zero-order chi connectivity index (χ0) is 13.8. The van der Waals surface area contributed by atoms with E-state index in [4.69, 9.17) is 4.74 Å². The summed E-state index contributed by atoms with van der Waals surface area (Å²) in [6.45, 7) is 5.35. The van der Waals surface area contributed by atoms with Gasteiger partial charge in [0, 0.05) is 24.5 Å². The number of rotatable bonds is 6. The summed E-state index contributed by atoms with van der Waals surface area (Å²) in [5, 5.41) is 5.69. The summed E-state index contributed by atoms with van der Waals surface area (Å²) in [6, 6.07) is 4.62. The van der Waals surface area contributed by atoms with Crippen molar-refractivity contribution in [1.82, 2.24) is 5.32 Å². The van der Waals surface area contributed by atoms with Crippen LogP contribution < -0.4 is 10.1 Å². The fourth-order valence-corrected chi connectivity index (χ4v) is 4.52. The van der Waals surface area contributed by atoms with Crippen LogP contribution in [0.5, 0.6) is 5.75 Å². The normalized spacial score (nSPS) is 12.6. The molecule has 2 aromatic rings. The lowest BCUT2D eigenvalue weighted by Crippen LogP contribution is -2.21. The Morgan fingerprint density at radius 1 is 1.37 bits per heavy atom. The van der Waals surface area contributed by atoms with Gasteiger partial charge >= 0.3 is 0 Å². The molecule has 2 aromatic heterocycles. The third kappa shape index (κ3) is 3.60. The van der Waals surface area contributed by atoms with Crippen LogP contribution in [0.1, 0.15) is 34.0 Å². The molecule has 2 rings (SSSR count). The summed E-state index contributed by atoms with van der Waals surface area (Å²) in [4.78, 5) is 3.98. The van der Waals surface area contributed by atoms with Gasteiger partial charge in [-0.05, 0) is 48.0 Å². The van der Waals surface area contributed by atoms with Crippen molar-refractivity contribution in [2.75, 3.05) is 13.7 Å². The van der Waals surface area contributed by atoms with Gasteiger partial charge < -0.3 is 10.1 Å². The molecular weight excluding hydrogens is 342 g/mol. The lowest BCUT2D eigenvalue weighted by molar-refractivity contribution is 0.416. The Kier molecular flexibility index (Phi) is 5.45. The highest BCUT2D eigenvalue weighted by molar-refractivity contribution is 9.10. The van der Waals surface area contributed by atoms with Gasteiger partial charge in [-0.2, -0.15) is 0 Å². The van der Waals surface area contributed by atoms with E-state index in [9.17, 15) is 0 Å². The van der Waals surface area contributed by atoms with Gasteiger partial charge in [-0.3, -0.25) is 0 Å². The van der Waals surface area contributed by atoms with Gasteiger partial charge in [0.1, 0.15) is 5.75 Å². The van der Waals surface area contributed by atoms with Crippen LogP contribution in [-0.2, 0) is 0 Å². The number of aryl methyl sites for hydroxylation is 1. The Bertz CT molecular complexity index is 516. The van der Waals surface area contributed by atoms with E-state index in [0.29, 0.717) is 0 Å². The first kappa shape index (κ1) is 15.0. The van der Waals surface area contributed by atoms with Gasteiger partial charge in [0.15, 0.2) is 0 Å². The molecule has 0 spiro atoms. The maximum absolute atomic E-state index is 5.29. The van der Waals surface area contributed by atoms with Crippen LogP contribution in [0.4, 0.5) is 0 Å². The summed E-state index contributed by atoms with van der Waals surface area (Å²) in [6.07, 6.45) is 1.13. The maximum Gasteiger partial charge on any atom is 0.129 e. The van der Waals surface area contributed by atoms with Crippen LogP contribution in [-0.4, -0.2) is 13.7 Å². The minimum Gasteiger partial charge on any atom is -0.496 e. The molecule has 5 heteroatoms. The molecule has 0 fully saturated rings. The molecule has 104 valence electrons. The minimum atomic E-state index is 0.267. The van der Waals surface area contributed by atoms with Crippen LogP contribution in [0, 0.1) is 6.92 Å². The van der Waals surface area contributed by atoms with Crippen molar-refractivity contribution in [3.8, 4) is 5.75 Å². The van der Waals surface area contributed by atoms with E-state index in [0.717, 1.165) is 18.7 Å². The van der Waals surface area contributed by atoms with Crippen molar-refractivity contribution in [2.24, 2.45) is 0 Å². The molecule has 1 N–H and O–H groups in total. The number of ether oxygens (including phenoxy) is 1. The van der Waals surface area contributed by atoms with Crippen LogP contribution in [0.15, 0.2) is 22.0 Å². The lowest BCUT2D eigenvalue weighted by Gasteiger charge is -2.15. The van der Waals surface area contributed by atoms with E-state index >= 15 is 0 Å². The molecule has 1 atom stereocenters. The van der Waals surface area contributed by atoms with Crippen LogP contribution in [0.25, 0.3) is 0 Å². The molecule has 2 heterocycles. The van der Waals surface area contributed by atoms with Crippen molar-refractivity contribution < 1.29 is 4.74 Å². The highest BCUT2D eigenvalue weighted by Gasteiger charge is 2.19. The van der Waals surface area contributed by atoms with Crippen molar-refractivity contribution in [1.29, 1.82) is 0 Å². The summed E-state index contributed by atoms with van der Waals surface area (Å²) >= 11 is 7.19. The average Bonchev–Trinajstić information content (AvgIpc) is 2.98. The second kappa shape index (κ2) is 6.88. The Balaban J connectivity index is 2.29. The van der Waals surface area contributed by atoms with Crippen molar-refractivity contribution in [3.05, 3.63) is 36.6 Å². The number of methoxy groups -OCH3 is 1. The van der Waals surface area contributed by atoms with E-state index in [1.54, 1.807) is 18.4 Å². The second-order valence-electron chi connectivity index (χ2n) is 4.33. The molecule has 0 bridgehead atoms. The van der Waals surface area contributed by atoms with Crippen molar-refractivity contribution in [2.45, 2.75) is 26.3 Å². The number of nitrogens with one attached hydrogen (secondary N) is 1. The Morgan fingerprint density at radius 3 is 2.68 bits per heavy atom. The van der Waals surface area contributed by atoms with Gasteiger partial charge in [-0.25, -0.2) is 0 Å². The number of hydrogen-bond acceptors (Lipinski definition) is 4. The maximum atomic E-state index is 5.29. The van der Waals surface area contributed by atoms with E-state index in [-0.39, 0.29) is 6.04 Å². The molecule has 0 saturated carbocycles. The van der Waals surface area contributed by atoms with Gasteiger partial charge in [0.2, 0.25) is 0 Å². The molecule has 19 heavy (non-hydrogen) atoms. The first-order chi connectivity index (χ1) is 9.15. The second-order valence-corrected chi connectivity index (χ2v) is 7.41. The Morgan fingerprint density at radius 2 is 2.16 bits per heavy atom. The van der Waals surface area contributed by atoms with Gasteiger partial charge in [-0.1, -0.05) is 6.92 Å². The van der Waals surface area contributed by atoms with Gasteiger partial charge in [0.05, 0.1) is 13.2 Å². The smallest absolute Gasteiger partial charge is 0.129 e. The lowest BCUT2D eigenvalue weighted by atomic mass is 10.2. The van der Waals surface area contributed by atoms with E-state index in [1.165, 1.54) is 19.1 Å². The van der Waals surface area contributed by atoms with E-state index in [2.05, 4.69) is 52.6 Å². The highest BCUT2D eigenvalue weighted by Crippen LogP contribution is 2.37. The number of thiophene rings is 2. The van der Waals surface area contributed by atoms with Crippen molar-refractivity contribution >= 4 is 38.6 Å². The fraction of sp³-hybridized carbons (Fsp3) is 0.429. The van der Waals surface area contributed by atoms with E-state index in [1.807, 2.05) is 11.3 Å². The largest absolute Gasteiger partial charge is 0.496 e. The standard InChI is InChI=1S/C14H18BrNOS2/c1-4-5-16-14(12-6-10(17-3)8-18-12)13-7-11(15)9(2)19-13/h6-8,14,16H,4-5H2,1-3H3. The zero-order valence-corrected chi connectivity index (χ0v) is 14.5. The first-order valence-electron chi connectivity index (χ1n) is 6.27. The summed E-state index contributed by atoms with van der Waals surface area (Å²) in [5.74, 6) is 0.940. The van der Waals surface area contributed by atoms with Crippen LogP contribution in [0.3, 0.4) is 0 Å². The summed E-state index contributed by atoms with van der Waals surface area (Å²) in [7, 11) is 1.71. The topological polar surface area (TPSA) is 21.3 Å². The zero-order valence-electron chi connectivity index (χ0n) is 11.3. The third-order valence-electron chi connectivity index (χ3n) is 2.88. The number of hydrogen-bond donors (Lipinski definition) is 1. The molecule has 1 unspecified atom stereocenters. The fourth-order valence-electron chi connectivity index (χ4n) is 1.85. The molecule has 0 radical (unpaired) electrons. The first-order valence-corrected chi connectivity index (χ1v) is 8.76. The molecule has 0 aromatic carbocycles. The minimum absolute atomic E-state index is 0.267. The molecule has 0 aliphatic heterocycles. The highest BCUT2D eigenvalue weighted by atomic mass is 79.9.